The number of methoxy groups -OCH3 is 1. The molecule has 2 N–H and O–H groups in total. The zero-order chi connectivity index (χ0) is 20.9. The fourth-order valence-electron chi connectivity index (χ4n) is 3.95. The number of piperidine rings is 1. The van der Waals surface area contributed by atoms with Gasteiger partial charge in [-0.15, -0.1) is 0 Å². The molecule has 2 saturated heterocycles. The number of hydrogen-bond donors (Lipinski definition) is 2. The molecule has 0 saturated carbocycles. The summed E-state index contributed by atoms with van der Waals surface area (Å²) in [4.78, 5) is 14.3. The summed E-state index contributed by atoms with van der Waals surface area (Å²) in [7, 11) is -2.07. The van der Waals surface area contributed by atoms with E-state index in [1.807, 2.05) is 6.92 Å². The SMILES string of the molecule is COc1ccc(S(=O)(=O)N2CCC[C@@H](C(=O)NCC[NH+]3CCOCC3)C2)cc1C. The smallest absolute Gasteiger partial charge is 0.243 e. The molecule has 1 amide bonds. The third kappa shape index (κ3) is 5.48. The minimum absolute atomic E-state index is 0.0523. The molecule has 0 aromatic heterocycles. The average Bonchev–Trinajstić information content (AvgIpc) is 2.74. The summed E-state index contributed by atoms with van der Waals surface area (Å²) in [6, 6.07) is 4.86. The highest BCUT2D eigenvalue weighted by atomic mass is 32.2. The van der Waals surface area contributed by atoms with Gasteiger partial charge in [0.15, 0.2) is 0 Å². The fraction of sp³-hybridized carbons (Fsp3) is 0.650. The van der Waals surface area contributed by atoms with Gasteiger partial charge >= 0.3 is 0 Å². The second kappa shape index (κ2) is 9.88. The first-order chi connectivity index (χ1) is 13.9. The fourth-order valence-corrected chi connectivity index (χ4v) is 5.56. The standard InChI is InChI=1S/C20H31N3O5S/c1-16-14-18(5-6-19(16)27-2)29(25,26)23-8-3-4-17(15-23)20(24)21-7-9-22-10-12-28-13-11-22/h5-6,14,17H,3-4,7-13,15H2,1-2H3,(H,21,24)/p+1/t17-/m1/s1. The van der Waals surface area contributed by atoms with Gasteiger partial charge in [0.05, 0.1) is 44.2 Å². The lowest BCUT2D eigenvalue weighted by Crippen LogP contribution is -3.14. The van der Waals surface area contributed by atoms with Crippen LogP contribution in [0.4, 0.5) is 0 Å². The first-order valence-corrected chi connectivity index (χ1v) is 11.7. The molecule has 1 atom stereocenters. The number of quaternary nitrogens is 1. The van der Waals surface area contributed by atoms with E-state index in [-0.39, 0.29) is 23.3 Å². The molecular weight excluding hydrogens is 394 g/mol. The number of ether oxygens (including phenoxy) is 2. The van der Waals surface area contributed by atoms with Gasteiger partial charge < -0.3 is 19.7 Å². The van der Waals surface area contributed by atoms with Crippen molar-refractivity contribution in [3.63, 3.8) is 0 Å². The molecule has 0 spiro atoms. The quantitative estimate of drug-likeness (QED) is 0.610. The summed E-state index contributed by atoms with van der Waals surface area (Å²) in [5, 5.41) is 3.00. The highest BCUT2D eigenvalue weighted by molar-refractivity contribution is 7.89. The number of rotatable bonds is 7. The summed E-state index contributed by atoms with van der Waals surface area (Å²) in [6.07, 6.45) is 1.39. The van der Waals surface area contributed by atoms with Crippen LogP contribution in [0.25, 0.3) is 0 Å². The first-order valence-electron chi connectivity index (χ1n) is 10.3. The average molecular weight is 427 g/mol. The molecule has 162 valence electrons. The third-order valence-electron chi connectivity index (χ3n) is 5.74. The molecule has 2 aliphatic rings. The Hall–Kier alpha value is -1.68. The van der Waals surface area contributed by atoms with Crippen molar-refractivity contribution >= 4 is 15.9 Å². The van der Waals surface area contributed by atoms with Crippen molar-refractivity contribution in [3.8, 4) is 5.75 Å². The maximum atomic E-state index is 13.1. The van der Waals surface area contributed by atoms with E-state index in [1.165, 1.54) is 9.21 Å². The maximum Gasteiger partial charge on any atom is 0.243 e. The Kier molecular flexibility index (Phi) is 7.50. The zero-order valence-electron chi connectivity index (χ0n) is 17.3. The summed E-state index contributed by atoms with van der Waals surface area (Å²) >= 11 is 0. The Morgan fingerprint density at radius 1 is 1.34 bits per heavy atom. The predicted molar refractivity (Wildman–Crippen MR) is 109 cm³/mol. The van der Waals surface area contributed by atoms with E-state index in [4.69, 9.17) is 9.47 Å². The molecule has 3 rings (SSSR count). The highest BCUT2D eigenvalue weighted by Gasteiger charge is 2.33. The van der Waals surface area contributed by atoms with E-state index < -0.39 is 10.0 Å². The molecule has 0 bridgehead atoms. The van der Waals surface area contributed by atoms with Crippen molar-refractivity contribution in [1.82, 2.24) is 9.62 Å². The second-order valence-electron chi connectivity index (χ2n) is 7.74. The third-order valence-corrected chi connectivity index (χ3v) is 7.60. The molecule has 9 heteroatoms. The molecule has 29 heavy (non-hydrogen) atoms. The van der Waals surface area contributed by atoms with Gasteiger partial charge in [-0.3, -0.25) is 4.79 Å². The molecule has 0 radical (unpaired) electrons. The number of hydrogen-bond acceptors (Lipinski definition) is 5. The number of morpholine rings is 1. The first kappa shape index (κ1) is 22.0. The van der Waals surface area contributed by atoms with Crippen LogP contribution < -0.4 is 15.0 Å². The topological polar surface area (TPSA) is 89.4 Å². The van der Waals surface area contributed by atoms with Crippen LogP contribution in [-0.4, -0.2) is 78.2 Å². The Balaban J connectivity index is 1.57. The number of carbonyl (C=O) groups excluding carboxylic acids is 1. The van der Waals surface area contributed by atoms with Crippen molar-refractivity contribution in [2.75, 3.05) is 59.6 Å². The van der Waals surface area contributed by atoms with Crippen LogP contribution in [0.5, 0.6) is 5.75 Å². The van der Waals surface area contributed by atoms with Gasteiger partial charge in [-0.1, -0.05) is 0 Å². The lowest BCUT2D eigenvalue weighted by molar-refractivity contribution is -0.906. The monoisotopic (exact) mass is 426 g/mol. The van der Waals surface area contributed by atoms with Crippen molar-refractivity contribution < 1.29 is 27.6 Å². The minimum atomic E-state index is -3.63. The number of aryl methyl sites for hydroxylation is 1. The Labute approximate surface area is 173 Å². The van der Waals surface area contributed by atoms with Gasteiger partial charge in [0.1, 0.15) is 18.8 Å². The lowest BCUT2D eigenvalue weighted by Gasteiger charge is -2.31. The maximum absolute atomic E-state index is 13.1. The van der Waals surface area contributed by atoms with Gasteiger partial charge in [0.25, 0.3) is 0 Å². The molecule has 1 aromatic rings. The summed E-state index contributed by atoms with van der Waals surface area (Å²) in [5.41, 5.74) is 0.769. The van der Waals surface area contributed by atoms with Crippen molar-refractivity contribution in [2.24, 2.45) is 5.92 Å². The lowest BCUT2D eigenvalue weighted by atomic mass is 9.99. The van der Waals surface area contributed by atoms with Gasteiger partial charge in [0, 0.05) is 13.1 Å². The highest BCUT2D eigenvalue weighted by Crippen LogP contribution is 2.27. The van der Waals surface area contributed by atoms with Crippen LogP contribution in [0, 0.1) is 12.8 Å². The molecular formula is C20H32N3O5S+. The molecule has 2 aliphatic heterocycles. The normalized spacial score (nSPS) is 21.7. The van der Waals surface area contributed by atoms with Gasteiger partial charge in [-0.25, -0.2) is 8.42 Å². The van der Waals surface area contributed by atoms with Crippen LogP contribution in [0.3, 0.4) is 0 Å². The number of sulfonamides is 1. The van der Waals surface area contributed by atoms with Crippen molar-refractivity contribution in [2.45, 2.75) is 24.7 Å². The molecule has 2 heterocycles. The molecule has 0 unspecified atom stereocenters. The minimum Gasteiger partial charge on any atom is -0.496 e. The van der Waals surface area contributed by atoms with Crippen molar-refractivity contribution in [1.29, 1.82) is 0 Å². The van der Waals surface area contributed by atoms with Gasteiger partial charge in [-0.2, -0.15) is 4.31 Å². The number of benzene rings is 1. The van der Waals surface area contributed by atoms with Crippen LogP contribution in [0.2, 0.25) is 0 Å². The Morgan fingerprint density at radius 3 is 2.79 bits per heavy atom. The van der Waals surface area contributed by atoms with Gasteiger partial charge in [-0.05, 0) is 43.5 Å². The van der Waals surface area contributed by atoms with Crippen LogP contribution >= 0.6 is 0 Å². The van der Waals surface area contributed by atoms with Crippen LogP contribution in [0.15, 0.2) is 23.1 Å². The molecule has 2 fully saturated rings. The Bertz CT molecular complexity index is 808. The van der Waals surface area contributed by atoms with E-state index in [0.29, 0.717) is 31.7 Å². The number of carbonyl (C=O) groups is 1. The Morgan fingerprint density at radius 2 is 2.10 bits per heavy atom. The summed E-state index contributed by atoms with van der Waals surface area (Å²) in [6.45, 7) is 7.43. The van der Waals surface area contributed by atoms with E-state index >= 15 is 0 Å². The number of nitrogens with zero attached hydrogens (tertiary/aromatic N) is 1. The van der Waals surface area contributed by atoms with E-state index in [9.17, 15) is 13.2 Å². The summed E-state index contributed by atoms with van der Waals surface area (Å²) in [5.74, 6) is 0.295. The largest absolute Gasteiger partial charge is 0.496 e. The summed E-state index contributed by atoms with van der Waals surface area (Å²) < 4.78 is 38.1. The molecule has 1 aromatic carbocycles. The molecule has 0 aliphatic carbocycles. The predicted octanol–water partition coefficient (Wildman–Crippen LogP) is -0.564. The molecule has 8 nitrogen and oxygen atoms in total. The van der Waals surface area contributed by atoms with E-state index in [2.05, 4.69) is 5.32 Å². The number of amides is 1. The van der Waals surface area contributed by atoms with E-state index in [1.54, 1.807) is 25.3 Å². The number of nitrogens with one attached hydrogen (secondary N) is 2. The van der Waals surface area contributed by atoms with Crippen LogP contribution in [0.1, 0.15) is 18.4 Å². The zero-order valence-corrected chi connectivity index (χ0v) is 18.1. The van der Waals surface area contributed by atoms with Crippen molar-refractivity contribution in [3.05, 3.63) is 23.8 Å². The second-order valence-corrected chi connectivity index (χ2v) is 9.67. The van der Waals surface area contributed by atoms with Gasteiger partial charge in [0.2, 0.25) is 15.9 Å². The van der Waals surface area contributed by atoms with Crippen LogP contribution in [-0.2, 0) is 19.6 Å². The van der Waals surface area contributed by atoms with E-state index in [0.717, 1.165) is 38.4 Å².